The molecule has 0 saturated carbocycles. The minimum absolute atomic E-state index is 1.01. The second-order valence-electron chi connectivity index (χ2n) is 4.13. The molecule has 2 rings (SSSR count). The summed E-state index contributed by atoms with van der Waals surface area (Å²) >= 11 is 0. The summed E-state index contributed by atoms with van der Waals surface area (Å²) in [6, 6.07) is 4.15. The first kappa shape index (κ1) is 11.5. The fraction of sp³-hybridized carbons (Fsp3) is 0.583. The predicted octanol–water partition coefficient (Wildman–Crippen LogP) is 0.0764. The zero-order chi connectivity index (χ0) is 11.1. The fourth-order valence-electron chi connectivity index (χ4n) is 1.89. The number of piperazine rings is 1. The highest BCUT2D eigenvalue weighted by atomic mass is 15.2. The maximum atomic E-state index is 4.01. The van der Waals surface area contributed by atoms with E-state index < -0.39 is 0 Å². The van der Waals surface area contributed by atoms with Crippen LogP contribution in [0, 0.1) is 0 Å². The topological polar surface area (TPSA) is 40.2 Å². The van der Waals surface area contributed by atoms with Gasteiger partial charge in [-0.05, 0) is 24.1 Å². The molecular weight excluding hydrogens is 200 g/mol. The summed E-state index contributed by atoms with van der Waals surface area (Å²) in [4.78, 5) is 6.46. The zero-order valence-corrected chi connectivity index (χ0v) is 9.65. The van der Waals surface area contributed by atoms with Crippen LogP contribution < -0.4 is 10.6 Å². The van der Waals surface area contributed by atoms with Crippen molar-refractivity contribution < 1.29 is 0 Å². The van der Waals surface area contributed by atoms with Crippen molar-refractivity contribution in [3.05, 3.63) is 30.1 Å². The summed E-state index contributed by atoms with van der Waals surface area (Å²) in [5.74, 6) is 0. The molecule has 4 nitrogen and oxygen atoms in total. The van der Waals surface area contributed by atoms with Crippen molar-refractivity contribution in [3.63, 3.8) is 0 Å². The molecule has 1 aromatic heterocycles. The SMILES string of the molecule is c1cc(CCNCN2CCNCC2)ccn1. The molecule has 0 radical (unpaired) electrons. The lowest BCUT2D eigenvalue weighted by Gasteiger charge is -2.27. The van der Waals surface area contributed by atoms with Crippen molar-refractivity contribution in [2.45, 2.75) is 6.42 Å². The molecule has 4 heteroatoms. The van der Waals surface area contributed by atoms with Gasteiger partial charge in [-0.25, -0.2) is 0 Å². The monoisotopic (exact) mass is 220 g/mol. The third-order valence-corrected chi connectivity index (χ3v) is 2.88. The molecule has 2 heterocycles. The van der Waals surface area contributed by atoms with Gasteiger partial charge in [-0.2, -0.15) is 0 Å². The largest absolute Gasteiger partial charge is 0.314 e. The second kappa shape index (κ2) is 6.58. The van der Waals surface area contributed by atoms with Crippen LogP contribution in [0.25, 0.3) is 0 Å². The van der Waals surface area contributed by atoms with E-state index in [9.17, 15) is 0 Å². The molecule has 0 atom stereocenters. The van der Waals surface area contributed by atoms with Crippen LogP contribution in [0.3, 0.4) is 0 Å². The Labute approximate surface area is 97.1 Å². The van der Waals surface area contributed by atoms with Gasteiger partial charge < -0.3 is 10.6 Å². The molecule has 0 aliphatic carbocycles. The maximum Gasteiger partial charge on any atom is 0.0481 e. The Bertz CT molecular complexity index is 282. The Balaban J connectivity index is 1.58. The van der Waals surface area contributed by atoms with Crippen molar-refractivity contribution in [1.29, 1.82) is 0 Å². The maximum absolute atomic E-state index is 4.01. The third kappa shape index (κ3) is 3.89. The van der Waals surface area contributed by atoms with Crippen molar-refractivity contribution in [2.24, 2.45) is 0 Å². The summed E-state index contributed by atoms with van der Waals surface area (Å²) in [5.41, 5.74) is 1.35. The van der Waals surface area contributed by atoms with Gasteiger partial charge in [-0.15, -0.1) is 0 Å². The highest BCUT2D eigenvalue weighted by Crippen LogP contribution is 1.96. The highest BCUT2D eigenvalue weighted by molar-refractivity contribution is 5.09. The Morgan fingerprint density at radius 3 is 2.75 bits per heavy atom. The summed E-state index contributed by atoms with van der Waals surface area (Å²) in [6.45, 7) is 6.59. The van der Waals surface area contributed by atoms with Gasteiger partial charge in [0.2, 0.25) is 0 Å². The predicted molar refractivity (Wildman–Crippen MR) is 65.3 cm³/mol. The molecular formula is C12H20N4. The number of aromatic nitrogens is 1. The van der Waals surface area contributed by atoms with E-state index in [2.05, 4.69) is 32.7 Å². The first-order chi connectivity index (χ1) is 7.95. The van der Waals surface area contributed by atoms with Crippen LogP contribution in [-0.2, 0) is 6.42 Å². The van der Waals surface area contributed by atoms with Gasteiger partial charge in [0.05, 0.1) is 0 Å². The van der Waals surface area contributed by atoms with Crippen LogP contribution in [0.2, 0.25) is 0 Å². The molecule has 16 heavy (non-hydrogen) atoms. The number of rotatable bonds is 5. The standard InChI is InChI=1S/C12H20N4/c1-4-13-5-2-12(1)3-6-15-11-16-9-7-14-8-10-16/h1-2,4-5,14-15H,3,6-11H2. The number of nitrogens with zero attached hydrogens (tertiary/aromatic N) is 2. The van der Waals surface area contributed by atoms with Crippen molar-refractivity contribution in [3.8, 4) is 0 Å². The smallest absolute Gasteiger partial charge is 0.0481 e. The average molecular weight is 220 g/mol. The van der Waals surface area contributed by atoms with E-state index in [4.69, 9.17) is 0 Å². The van der Waals surface area contributed by atoms with Crippen LogP contribution in [0.5, 0.6) is 0 Å². The van der Waals surface area contributed by atoms with E-state index in [0.29, 0.717) is 0 Å². The summed E-state index contributed by atoms with van der Waals surface area (Å²) in [7, 11) is 0. The van der Waals surface area contributed by atoms with Gasteiger partial charge in [0.1, 0.15) is 0 Å². The highest BCUT2D eigenvalue weighted by Gasteiger charge is 2.07. The molecule has 1 aromatic rings. The minimum Gasteiger partial charge on any atom is -0.314 e. The molecule has 1 aliphatic heterocycles. The Hall–Kier alpha value is -0.970. The third-order valence-electron chi connectivity index (χ3n) is 2.88. The van der Waals surface area contributed by atoms with Crippen molar-refractivity contribution in [1.82, 2.24) is 20.5 Å². The number of pyridine rings is 1. The van der Waals surface area contributed by atoms with E-state index in [1.165, 1.54) is 5.56 Å². The van der Waals surface area contributed by atoms with Gasteiger partial charge in [0, 0.05) is 51.8 Å². The summed E-state index contributed by atoms with van der Waals surface area (Å²) in [6.07, 6.45) is 4.78. The zero-order valence-electron chi connectivity index (χ0n) is 9.65. The Morgan fingerprint density at radius 1 is 1.25 bits per heavy atom. The molecule has 1 aliphatic rings. The van der Waals surface area contributed by atoms with Gasteiger partial charge in [0.15, 0.2) is 0 Å². The van der Waals surface area contributed by atoms with Gasteiger partial charge in [-0.1, -0.05) is 0 Å². The normalized spacial score (nSPS) is 17.5. The van der Waals surface area contributed by atoms with Crippen LogP contribution in [0.4, 0.5) is 0 Å². The van der Waals surface area contributed by atoms with E-state index >= 15 is 0 Å². The molecule has 0 spiro atoms. The molecule has 0 bridgehead atoms. The lowest BCUT2D eigenvalue weighted by Crippen LogP contribution is -2.47. The van der Waals surface area contributed by atoms with E-state index in [1.807, 2.05) is 12.4 Å². The molecule has 1 saturated heterocycles. The molecule has 2 N–H and O–H groups in total. The van der Waals surface area contributed by atoms with Crippen molar-refractivity contribution >= 4 is 0 Å². The quantitative estimate of drug-likeness (QED) is 0.689. The van der Waals surface area contributed by atoms with Gasteiger partial charge >= 0.3 is 0 Å². The van der Waals surface area contributed by atoms with Crippen LogP contribution in [-0.4, -0.2) is 49.3 Å². The second-order valence-corrected chi connectivity index (χ2v) is 4.13. The molecule has 88 valence electrons. The lowest BCUT2D eigenvalue weighted by atomic mass is 10.2. The fourth-order valence-corrected chi connectivity index (χ4v) is 1.89. The van der Waals surface area contributed by atoms with E-state index in [0.717, 1.165) is 45.8 Å². The Morgan fingerprint density at radius 2 is 2.00 bits per heavy atom. The van der Waals surface area contributed by atoms with Gasteiger partial charge in [0.25, 0.3) is 0 Å². The number of hydrogen-bond donors (Lipinski definition) is 2. The Kier molecular flexibility index (Phi) is 4.73. The molecule has 0 aromatic carbocycles. The minimum atomic E-state index is 1.01. The number of nitrogens with one attached hydrogen (secondary N) is 2. The first-order valence-corrected chi connectivity index (χ1v) is 5.98. The van der Waals surface area contributed by atoms with Crippen LogP contribution >= 0.6 is 0 Å². The molecule has 0 amide bonds. The van der Waals surface area contributed by atoms with Crippen LogP contribution in [0.15, 0.2) is 24.5 Å². The van der Waals surface area contributed by atoms with Gasteiger partial charge in [-0.3, -0.25) is 9.88 Å². The van der Waals surface area contributed by atoms with E-state index in [-0.39, 0.29) is 0 Å². The first-order valence-electron chi connectivity index (χ1n) is 5.98. The van der Waals surface area contributed by atoms with E-state index in [1.54, 1.807) is 0 Å². The lowest BCUT2D eigenvalue weighted by molar-refractivity contribution is 0.224. The van der Waals surface area contributed by atoms with Crippen molar-refractivity contribution in [2.75, 3.05) is 39.4 Å². The summed E-state index contributed by atoms with van der Waals surface area (Å²) in [5, 5.41) is 6.84. The number of hydrogen-bond acceptors (Lipinski definition) is 4. The summed E-state index contributed by atoms with van der Waals surface area (Å²) < 4.78 is 0. The van der Waals surface area contributed by atoms with Crippen LogP contribution in [0.1, 0.15) is 5.56 Å². The molecule has 0 unspecified atom stereocenters. The average Bonchev–Trinajstić information content (AvgIpc) is 2.37. The molecule has 1 fully saturated rings.